The molecule has 6 nitrogen and oxygen atoms in total. The van der Waals surface area contributed by atoms with Gasteiger partial charge in [0.1, 0.15) is 12.2 Å². The van der Waals surface area contributed by atoms with Crippen LogP contribution in [0.5, 0.6) is 0 Å². The lowest BCUT2D eigenvalue weighted by Crippen LogP contribution is -2.45. The highest BCUT2D eigenvalue weighted by Gasteiger charge is 2.29. The summed E-state index contributed by atoms with van der Waals surface area (Å²) in [4.78, 5) is 25.7. The topological polar surface area (TPSA) is 65.1 Å². The summed E-state index contributed by atoms with van der Waals surface area (Å²) in [7, 11) is 3.13. The number of ether oxygens (including phenoxy) is 3. The van der Waals surface area contributed by atoms with Crippen molar-refractivity contribution < 1.29 is 23.8 Å². The number of amides is 1. The predicted octanol–water partition coefficient (Wildman–Crippen LogP) is 3.39. The van der Waals surface area contributed by atoms with Crippen LogP contribution in [0, 0.1) is 0 Å². The van der Waals surface area contributed by atoms with E-state index in [1.165, 1.54) is 12.0 Å². The third kappa shape index (κ3) is 7.56. The van der Waals surface area contributed by atoms with Gasteiger partial charge < -0.3 is 19.1 Å². The SMILES string of the molecule is CO[C@H](CC(=O)OC(C)(C)C)[C@H](C)N(C)C(=O)OCc1ccccc1. The van der Waals surface area contributed by atoms with E-state index in [0.29, 0.717) is 0 Å². The molecular weight excluding hydrogens is 322 g/mol. The highest BCUT2D eigenvalue weighted by molar-refractivity contribution is 5.71. The van der Waals surface area contributed by atoms with Crippen LogP contribution in [0.25, 0.3) is 0 Å². The zero-order valence-electron chi connectivity index (χ0n) is 15.9. The molecule has 0 radical (unpaired) electrons. The Hall–Kier alpha value is -2.08. The zero-order valence-corrected chi connectivity index (χ0v) is 15.9. The van der Waals surface area contributed by atoms with E-state index in [-0.39, 0.29) is 25.0 Å². The average molecular weight is 351 g/mol. The number of nitrogens with zero attached hydrogens (tertiary/aromatic N) is 1. The van der Waals surface area contributed by atoms with Gasteiger partial charge in [0.2, 0.25) is 0 Å². The molecule has 25 heavy (non-hydrogen) atoms. The van der Waals surface area contributed by atoms with Crippen molar-refractivity contribution in [2.75, 3.05) is 14.2 Å². The minimum atomic E-state index is -0.556. The first kappa shape index (κ1) is 21.0. The Bertz CT molecular complexity index is 553. The van der Waals surface area contributed by atoms with Crippen molar-refractivity contribution in [3.05, 3.63) is 35.9 Å². The van der Waals surface area contributed by atoms with Crippen LogP contribution < -0.4 is 0 Å². The molecule has 1 aromatic rings. The third-order valence-electron chi connectivity index (χ3n) is 3.73. The normalized spacial score (nSPS) is 13.7. The maximum absolute atomic E-state index is 12.2. The molecule has 0 aliphatic heterocycles. The van der Waals surface area contributed by atoms with Crippen LogP contribution in [0.4, 0.5) is 4.79 Å². The molecule has 1 aromatic carbocycles. The van der Waals surface area contributed by atoms with E-state index in [4.69, 9.17) is 14.2 Å². The Morgan fingerprint density at radius 2 is 1.76 bits per heavy atom. The summed E-state index contributed by atoms with van der Waals surface area (Å²) in [5.74, 6) is -0.364. The monoisotopic (exact) mass is 351 g/mol. The van der Waals surface area contributed by atoms with E-state index < -0.39 is 17.8 Å². The molecule has 0 N–H and O–H groups in total. The van der Waals surface area contributed by atoms with E-state index in [2.05, 4.69) is 0 Å². The Kier molecular flexibility index (Phi) is 7.90. The second-order valence-corrected chi connectivity index (χ2v) is 6.96. The van der Waals surface area contributed by atoms with Gasteiger partial charge in [0.15, 0.2) is 0 Å². The number of methoxy groups -OCH3 is 1. The highest BCUT2D eigenvalue weighted by Crippen LogP contribution is 2.15. The Morgan fingerprint density at radius 3 is 2.28 bits per heavy atom. The minimum absolute atomic E-state index is 0.0608. The van der Waals surface area contributed by atoms with Crippen LogP contribution >= 0.6 is 0 Å². The van der Waals surface area contributed by atoms with Crippen molar-refractivity contribution in [2.24, 2.45) is 0 Å². The average Bonchev–Trinajstić information content (AvgIpc) is 2.55. The van der Waals surface area contributed by atoms with Gasteiger partial charge in [-0.1, -0.05) is 30.3 Å². The van der Waals surface area contributed by atoms with Gasteiger partial charge in [-0.3, -0.25) is 4.79 Å². The van der Waals surface area contributed by atoms with Crippen LogP contribution in [0.15, 0.2) is 30.3 Å². The summed E-state index contributed by atoms with van der Waals surface area (Å²) in [6.45, 7) is 7.43. The molecule has 2 atom stereocenters. The molecule has 6 heteroatoms. The zero-order chi connectivity index (χ0) is 19.0. The van der Waals surface area contributed by atoms with Gasteiger partial charge in [-0.05, 0) is 33.3 Å². The van der Waals surface area contributed by atoms with Crippen LogP contribution in [-0.4, -0.2) is 48.9 Å². The first-order valence-electron chi connectivity index (χ1n) is 8.32. The fraction of sp³-hybridized carbons (Fsp3) is 0.579. The number of carbonyl (C=O) groups is 2. The van der Waals surface area contributed by atoms with Crippen molar-refractivity contribution in [2.45, 2.75) is 58.5 Å². The molecule has 0 saturated heterocycles. The lowest BCUT2D eigenvalue weighted by atomic mass is 10.1. The van der Waals surface area contributed by atoms with Crippen LogP contribution in [-0.2, 0) is 25.6 Å². The molecule has 1 amide bonds. The van der Waals surface area contributed by atoms with Gasteiger partial charge in [-0.25, -0.2) is 4.79 Å². The Morgan fingerprint density at radius 1 is 1.16 bits per heavy atom. The maximum Gasteiger partial charge on any atom is 0.410 e. The fourth-order valence-corrected chi connectivity index (χ4v) is 2.24. The molecule has 0 heterocycles. The molecule has 0 bridgehead atoms. The predicted molar refractivity (Wildman–Crippen MR) is 95.1 cm³/mol. The number of hydrogen-bond acceptors (Lipinski definition) is 5. The van der Waals surface area contributed by atoms with Gasteiger partial charge in [0.25, 0.3) is 0 Å². The number of hydrogen-bond donors (Lipinski definition) is 0. The molecule has 140 valence electrons. The smallest absolute Gasteiger partial charge is 0.410 e. The first-order valence-corrected chi connectivity index (χ1v) is 8.32. The second kappa shape index (κ2) is 9.42. The number of rotatable bonds is 7. The third-order valence-corrected chi connectivity index (χ3v) is 3.73. The summed E-state index contributed by atoms with van der Waals surface area (Å²) in [5, 5.41) is 0. The van der Waals surface area contributed by atoms with E-state index in [9.17, 15) is 9.59 Å². The Balaban J connectivity index is 2.57. The minimum Gasteiger partial charge on any atom is -0.460 e. The summed E-state index contributed by atoms with van der Waals surface area (Å²) >= 11 is 0. The standard InChI is InChI=1S/C19H29NO5/c1-14(16(23-6)12-17(21)25-19(2,3)4)20(5)18(22)24-13-15-10-8-7-9-11-15/h7-11,14,16H,12-13H2,1-6H3/t14-,16+/m0/s1. The van der Waals surface area contributed by atoms with Gasteiger partial charge in [-0.15, -0.1) is 0 Å². The van der Waals surface area contributed by atoms with E-state index in [0.717, 1.165) is 5.56 Å². The molecule has 0 spiro atoms. The number of likely N-dealkylation sites (N-methyl/N-ethyl adjacent to an activating group) is 1. The van der Waals surface area contributed by atoms with Gasteiger partial charge in [0.05, 0.1) is 18.6 Å². The van der Waals surface area contributed by atoms with Crippen LogP contribution in [0.2, 0.25) is 0 Å². The van der Waals surface area contributed by atoms with Crippen molar-refractivity contribution in [3.63, 3.8) is 0 Å². The highest BCUT2D eigenvalue weighted by atomic mass is 16.6. The second-order valence-electron chi connectivity index (χ2n) is 6.96. The van der Waals surface area contributed by atoms with Gasteiger partial charge in [-0.2, -0.15) is 0 Å². The van der Waals surface area contributed by atoms with Gasteiger partial charge in [0, 0.05) is 14.2 Å². The molecular formula is C19H29NO5. The van der Waals surface area contributed by atoms with E-state index >= 15 is 0 Å². The van der Waals surface area contributed by atoms with Crippen LogP contribution in [0.3, 0.4) is 0 Å². The summed E-state index contributed by atoms with van der Waals surface area (Å²) < 4.78 is 16.0. The van der Waals surface area contributed by atoms with Crippen molar-refractivity contribution >= 4 is 12.1 Å². The molecule has 0 aromatic heterocycles. The van der Waals surface area contributed by atoms with Crippen molar-refractivity contribution in [3.8, 4) is 0 Å². The molecule has 0 aliphatic carbocycles. The summed E-state index contributed by atoms with van der Waals surface area (Å²) in [5.41, 5.74) is 0.355. The van der Waals surface area contributed by atoms with Crippen molar-refractivity contribution in [1.29, 1.82) is 0 Å². The summed E-state index contributed by atoms with van der Waals surface area (Å²) in [6, 6.07) is 9.10. The molecule has 0 unspecified atom stereocenters. The lowest BCUT2D eigenvalue weighted by molar-refractivity contribution is -0.158. The molecule has 0 aliphatic rings. The van der Waals surface area contributed by atoms with Gasteiger partial charge >= 0.3 is 12.1 Å². The molecule has 1 rings (SSSR count). The molecule has 0 fully saturated rings. The number of carbonyl (C=O) groups excluding carboxylic acids is 2. The summed E-state index contributed by atoms with van der Waals surface area (Å²) in [6.07, 6.45) is -0.891. The quantitative estimate of drug-likeness (QED) is 0.705. The van der Waals surface area contributed by atoms with E-state index in [1.807, 2.05) is 58.0 Å². The van der Waals surface area contributed by atoms with Crippen LogP contribution in [0.1, 0.15) is 39.7 Å². The number of esters is 1. The first-order chi connectivity index (χ1) is 11.6. The maximum atomic E-state index is 12.2. The van der Waals surface area contributed by atoms with E-state index in [1.54, 1.807) is 7.05 Å². The number of benzene rings is 1. The molecule has 0 saturated carbocycles. The lowest BCUT2D eigenvalue weighted by Gasteiger charge is -2.30. The van der Waals surface area contributed by atoms with Crippen molar-refractivity contribution in [1.82, 2.24) is 4.90 Å². The Labute approximate surface area is 150 Å². The fourth-order valence-electron chi connectivity index (χ4n) is 2.24. The largest absolute Gasteiger partial charge is 0.460 e.